The van der Waals surface area contributed by atoms with Gasteiger partial charge >= 0.3 is 35.9 Å². The van der Waals surface area contributed by atoms with E-state index < -0.39 is 0 Å². The van der Waals surface area contributed by atoms with Crippen molar-refractivity contribution in [2.75, 3.05) is 0 Å². The van der Waals surface area contributed by atoms with Crippen LogP contribution < -0.4 is 0 Å². The second-order valence-corrected chi connectivity index (χ2v) is 9.08. The fourth-order valence-electron chi connectivity index (χ4n) is 0. The second-order valence-electron chi connectivity index (χ2n) is 1.05. The molecule has 0 spiro atoms. The first-order chi connectivity index (χ1) is 1.73. The molecule has 0 saturated carbocycles. The third-order valence-corrected chi connectivity index (χ3v) is 0. The molecule has 0 nitrogen and oxygen atoms in total. The normalized spacial score (nSPS) is 9.00. The predicted octanol–water partition coefficient (Wildman–Crippen LogP) is 0.138. The molecule has 0 N–H and O–H groups in total. The van der Waals surface area contributed by atoms with Crippen molar-refractivity contribution >= 4 is 22.8 Å². The molecular formula is C2H7SeSi. The summed E-state index contributed by atoms with van der Waals surface area (Å²) < 4.78 is 0. The van der Waals surface area contributed by atoms with Crippen molar-refractivity contribution in [2.45, 2.75) is 13.1 Å². The van der Waals surface area contributed by atoms with Gasteiger partial charge in [0.2, 0.25) is 0 Å². The molecule has 25 valence electrons. The van der Waals surface area contributed by atoms with Crippen LogP contribution in [0.25, 0.3) is 0 Å². The van der Waals surface area contributed by atoms with Crippen LogP contribution >= 0.6 is 0 Å². The van der Waals surface area contributed by atoms with E-state index in [-0.39, 0.29) is 7.40 Å². The van der Waals surface area contributed by atoms with Gasteiger partial charge in [0.1, 0.15) is 0 Å². The van der Waals surface area contributed by atoms with Gasteiger partial charge in [-0.2, -0.15) is 0 Å². The van der Waals surface area contributed by atoms with Crippen LogP contribution in [0.5, 0.6) is 0 Å². The Morgan fingerprint density at radius 3 is 1.50 bits per heavy atom. The van der Waals surface area contributed by atoms with Crippen LogP contribution in [0.1, 0.15) is 0 Å². The molecule has 0 fully saturated rings. The molecule has 1 radical (unpaired) electrons. The molecule has 0 bridgehead atoms. The summed E-state index contributed by atoms with van der Waals surface area (Å²) in [5, 5.41) is 0. The molecule has 0 aromatic rings. The van der Waals surface area contributed by atoms with Crippen LogP contribution in [0.15, 0.2) is 0 Å². The van der Waals surface area contributed by atoms with Crippen molar-refractivity contribution in [3.63, 3.8) is 0 Å². The number of rotatable bonds is 0. The molecule has 0 rings (SSSR count). The molecule has 0 aromatic carbocycles. The van der Waals surface area contributed by atoms with E-state index in [0.29, 0.717) is 0 Å². The SMILES string of the molecule is C[SiH](C)[Se]. The average Bonchev–Trinajstić information content (AvgIpc) is 0.811. The first kappa shape index (κ1) is 4.74. The fraction of sp³-hybridized carbons (Fsp3) is 1.00. The van der Waals surface area contributed by atoms with Gasteiger partial charge in [0, 0.05) is 0 Å². The van der Waals surface area contributed by atoms with Gasteiger partial charge in [0.05, 0.1) is 0 Å². The zero-order chi connectivity index (χ0) is 3.58. The Bertz CT molecular complexity index is 10.8. The van der Waals surface area contributed by atoms with Crippen LogP contribution in [-0.4, -0.2) is 22.8 Å². The minimum absolute atomic E-state index is 0.264. The standard InChI is InChI=1S/C2H7SeSi/c1-4(2)3/h4H,1-2H3. The molecule has 0 saturated heterocycles. The summed E-state index contributed by atoms with van der Waals surface area (Å²) >= 11 is 3.04. The zero-order valence-corrected chi connectivity index (χ0v) is 5.85. The summed E-state index contributed by atoms with van der Waals surface area (Å²) in [6.07, 6.45) is 0. The van der Waals surface area contributed by atoms with Gasteiger partial charge in [-0.1, -0.05) is 0 Å². The Morgan fingerprint density at radius 1 is 1.50 bits per heavy atom. The summed E-state index contributed by atoms with van der Waals surface area (Å²) in [5.41, 5.74) is 0. The molecular weight excluding hydrogens is 131 g/mol. The van der Waals surface area contributed by atoms with E-state index in [1.165, 1.54) is 0 Å². The maximum atomic E-state index is 3.04. The molecule has 0 amide bonds. The summed E-state index contributed by atoms with van der Waals surface area (Å²) in [6.45, 7) is 4.50. The fourth-order valence-corrected chi connectivity index (χ4v) is 0. The zero-order valence-electron chi connectivity index (χ0n) is 2.99. The van der Waals surface area contributed by atoms with E-state index in [0.717, 1.165) is 0 Å². The van der Waals surface area contributed by atoms with E-state index in [9.17, 15) is 0 Å². The van der Waals surface area contributed by atoms with E-state index in [2.05, 4.69) is 28.5 Å². The Morgan fingerprint density at radius 2 is 1.50 bits per heavy atom. The molecule has 4 heavy (non-hydrogen) atoms. The third-order valence-electron chi connectivity index (χ3n) is 0. The first-order valence-corrected chi connectivity index (χ1v) is 7.14. The van der Waals surface area contributed by atoms with Crippen LogP contribution in [-0.2, 0) is 0 Å². The maximum absolute atomic E-state index is 3.04. The van der Waals surface area contributed by atoms with Gasteiger partial charge in [0.25, 0.3) is 0 Å². The Kier molecular flexibility index (Phi) is 2.37. The minimum atomic E-state index is -0.264. The second kappa shape index (κ2) is 2.00. The topological polar surface area (TPSA) is 0 Å². The third kappa shape index (κ3) is 15.2. The van der Waals surface area contributed by atoms with Crippen molar-refractivity contribution in [2.24, 2.45) is 0 Å². The molecule has 2 heteroatoms. The van der Waals surface area contributed by atoms with Gasteiger partial charge in [0.15, 0.2) is 0 Å². The van der Waals surface area contributed by atoms with Crippen LogP contribution in [0, 0.1) is 0 Å². The monoisotopic (exact) mass is 139 g/mol. The summed E-state index contributed by atoms with van der Waals surface area (Å²) in [6, 6.07) is 0. The molecule has 0 atom stereocenters. The molecule has 0 aromatic heterocycles. The average molecular weight is 138 g/mol. The van der Waals surface area contributed by atoms with Crippen molar-refractivity contribution < 1.29 is 0 Å². The van der Waals surface area contributed by atoms with Gasteiger partial charge in [-0.25, -0.2) is 0 Å². The number of hydrogen-bond acceptors (Lipinski definition) is 0. The molecule has 0 aliphatic carbocycles. The molecule has 0 unspecified atom stereocenters. The first-order valence-electron chi connectivity index (χ1n) is 1.39. The summed E-state index contributed by atoms with van der Waals surface area (Å²) in [4.78, 5) is 0. The summed E-state index contributed by atoms with van der Waals surface area (Å²) in [5.74, 6) is 0. The van der Waals surface area contributed by atoms with Gasteiger partial charge in [-0.3, -0.25) is 0 Å². The van der Waals surface area contributed by atoms with Crippen molar-refractivity contribution in [3.05, 3.63) is 0 Å². The van der Waals surface area contributed by atoms with E-state index in [4.69, 9.17) is 0 Å². The van der Waals surface area contributed by atoms with E-state index in [1.54, 1.807) is 0 Å². The van der Waals surface area contributed by atoms with Crippen molar-refractivity contribution in [1.29, 1.82) is 0 Å². The van der Waals surface area contributed by atoms with Crippen molar-refractivity contribution in [3.8, 4) is 0 Å². The molecule has 0 aliphatic rings. The number of hydrogen-bond donors (Lipinski definition) is 0. The quantitative estimate of drug-likeness (QED) is 0.418. The van der Waals surface area contributed by atoms with Gasteiger partial charge in [-0.05, 0) is 0 Å². The van der Waals surface area contributed by atoms with E-state index in [1.807, 2.05) is 0 Å². The van der Waals surface area contributed by atoms with Crippen molar-refractivity contribution in [1.82, 2.24) is 0 Å². The Labute approximate surface area is 36.5 Å². The van der Waals surface area contributed by atoms with Crippen LogP contribution in [0.4, 0.5) is 0 Å². The Balaban J connectivity index is 2.32. The molecule has 0 heterocycles. The van der Waals surface area contributed by atoms with Gasteiger partial charge < -0.3 is 0 Å². The van der Waals surface area contributed by atoms with Gasteiger partial charge in [-0.15, -0.1) is 0 Å². The van der Waals surface area contributed by atoms with Crippen LogP contribution in [0.3, 0.4) is 0 Å². The predicted molar refractivity (Wildman–Crippen MR) is 24.6 cm³/mol. The molecule has 0 aliphatic heterocycles. The Hall–Kier alpha value is 0.736. The summed E-state index contributed by atoms with van der Waals surface area (Å²) in [7, 11) is -0.264. The van der Waals surface area contributed by atoms with E-state index >= 15 is 0 Å². The van der Waals surface area contributed by atoms with Crippen LogP contribution in [0.2, 0.25) is 13.1 Å².